The first-order chi connectivity index (χ1) is 17.4. The molecular weight excluding hydrogens is 511 g/mol. The second kappa shape index (κ2) is 11.2. The van der Waals surface area contributed by atoms with E-state index in [1.165, 1.54) is 28.8 Å². The Bertz CT molecular complexity index is 1340. The predicted octanol–water partition coefficient (Wildman–Crippen LogP) is 2.15. The van der Waals surface area contributed by atoms with Crippen molar-refractivity contribution < 1.29 is 38.0 Å². The number of aromatic nitrogens is 3. The van der Waals surface area contributed by atoms with E-state index in [-0.39, 0.29) is 22.9 Å². The molecule has 0 radical (unpaired) electrons. The maximum atomic E-state index is 13.4. The lowest BCUT2D eigenvalue weighted by Crippen LogP contribution is -2.50. The van der Waals surface area contributed by atoms with E-state index in [1.54, 1.807) is 19.9 Å². The van der Waals surface area contributed by atoms with E-state index >= 15 is 0 Å². The number of methoxy groups -OCH3 is 1. The van der Waals surface area contributed by atoms with Gasteiger partial charge in [0.1, 0.15) is 42.5 Å². The van der Waals surface area contributed by atoms with Crippen LogP contribution in [-0.2, 0) is 18.3 Å². The molecule has 0 saturated heterocycles. The molecule has 2 unspecified atom stereocenters. The first-order valence-corrected chi connectivity index (χ1v) is 12.2. The number of nitriles is 1. The summed E-state index contributed by atoms with van der Waals surface area (Å²) in [7, 11) is -3.38. The topological polar surface area (TPSA) is 218 Å². The maximum Gasteiger partial charge on any atom is 0.530 e. The third-order valence-corrected chi connectivity index (χ3v) is 6.75. The average Bonchev–Trinajstić information content (AvgIpc) is 3.29. The molecule has 2 heterocycles. The van der Waals surface area contributed by atoms with Crippen LogP contribution in [-0.4, -0.2) is 61.3 Å². The van der Waals surface area contributed by atoms with Gasteiger partial charge in [0.25, 0.3) is 5.69 Å². The quantitative estimate of drug-likeness (QED) is 0.172. The van der Waals surface area contributed by atoms with Gasteiger partial charge in [-0.25, -0.2) is 14.1 Å². The lowest BCUT2D eigenvalue weighted by atomic mass is 9.93. The number of aliphatic hydroxyl groups excluding tert-OH is 2. The largest absolute Gasteiger partial charge is 0.530 e. The zero-order valence-electron chi connectivity index (χ0n) is 20.0. The second-order valence-corrected chi connectivity index (χ2v) is 9.56. The summed E-state index contributed by atoms with van der Waals surface area (Å²) in [4.78, 5) is 14.1. The van der Waals surface area contributed by atoms with Crippen molar-refractivity contribution in [1.29, 1.82) is 5.26 Å². The van der Waals surface area contributed by atoms with Crippen molar-refractivity contribution in [2.24, 2.45) is 0 Å². The maximum absolute atomic E-state index is 13.4. The Morgan fingerprint density at radius 1 is 1.27 bits per heavy atom. The van der Waals surface area contributed by atoms with Crippen LogP contribution in [0.15, 0.2) is 42.7 Å². The zero-order valence-corrected chi connectivity index (χ0v) is 20.9. The van der Waals surface area contributed by atoms with Crippen molar-refractivity contribution in [2.75, 3.05) is 19.5 Å². The number of aliphatic hydroxyl groups is 2. The van der Waals surface area contributed by atoms with E-state index in [0.29, 0.717) is 5.52 Å². The molecule has 3 rings (SSSR count). The average molecular weight is 536 g/mol. The Kier molecular flexibility index (Phi) is 8.44. The number of ether oxygens (including phenoxy) is 1. The van der Waals surface area contributed by atoms with Crippen molar-refractivity contribution in [1.82, 2.24) is 14.6 Å². The fraction of sp³-hybridized carbons (Fsp3) is 0.381. The summed E-state index contributed by atoms with van der Waals surface area (Å²) in [5.74, 6) is 0.0480. The van der Waals surface area contributed by atoms with Crippen molar-refractivity contribution >= 4 is 24.8 Å². The summed E-state index contributed by atoms with van der Waals surface area (Å²) in [6, 6.07) is 9.32. The van der Waals surface area contributed by atoms with Gasteiger partial charge in [-0.3, -0.25) is 19.2 Å². The standard InChI is InChI=1S/C21H25N6O9P/c1-13(2)35-37(32,36-15-6-4-14(5-7-15)27(30)31)34-11-21(10-22,33-3)19(29)18(28)16-8-9-17-20(23)24-12-25-26(16)17/h4-9,12-13,18-19,28-29H,11H2,1-3H3,(H2,23,24,25)/t18-,19-,21?,37?/m0/s1. The first-order valence-electron chi connectivity index (χ1n) is 10.7. The molecule has 0 bridgehead atoms. The fourth-order valence-electron chi connectivity index (χ4n) is 3.29. The van der Waals surface area contributed by atoms with Crippen molar-refractivity contribution in [3.05, 3.63) is 58.5 Å². The zero-order chi connectivity index (χ0) is 27.4. The summed E-state index contributed by atoms with van der Waals surface area (Å²) in [5, 5.41) is 46.6. The molecule has 0 fully saturated rings. The van der Waals surface area contributed by atoms with Crippen molar-refractivity contribution in [3.8, 4) is 11.8 Å². The summed E-state index contributed by atoms with van der Waals surface area (Å²) in [6.07, 6.45) is -3.20. The molecule has 0 saturated carbocycles. The van der Waals surface area contributed by atoms with Crippen molar-refractivity contribution in [2.45, 2.75) is 37.8 Å². The summed E-state index contributed by atoms with van der Waals surface area (Å²) >= 11 is 0. The van der Waals surface area contributed by atoms with Crippen LogP contribution in [0.2, 0.25) is 0 Å². The van der Waals surface area contributed by atoms with Crippen LogP contribution in [0.1, 0.15) is 25.6 Å². The van der Waals surface area contributed by atoms with E-state index in [2.05, 4.69) is 10.1 Å². The number of benzene rings is 1. The van der Waals surface area contributed by atoms with Gasteiger partial charge in [-0.1, -0.05) is 0 Å². The molecule has 0 spiro atoms. The number of anilines is 1. The highest BCUT2D eigenvalue weighted by molar-refractivity contribution is 7.49. The first kappa shape index (κ1) is 27.9. The van der Waals surface area contributed by atoms with E-state index in [9.17, 15) is 30.2 Å². The lowest BCUT2D eigenvalue weighted by Gasteiger charge is -2.33. The highest BCUT2D eigenvalue weighted by Gasteiger charge is 2.47. The van der Waals surface area contributed by atoms with Gasteiger partial charge in [0.2, 0.25) is 5.60 Å². The van der Waals surface area contributed by atoms with Gasteiger partial charge in [0.15, 0.2) is 5.82 Å². The van der Waals surface area contributed by atoms with Crippen LogP contribution in [0.3, 0.4) is 0 Å². The molecule has 0 aliphatic heterocycles. The van der Waals surface area contributed by atoms with Crippen LogP contribution >= 0.6 is 7.82 Å². The van der Waals surface area contributed by atoms with Gasteiger partial charge >= 0.3 is 7.82 Å². The number of nitrogens with two attached hydrogens (primary N) is 1. The van der Waals surface area contributed by atoms with E-state index in [4.69, 9.17) is 24.0 Å². The normalized spacial score (nSPS) is 16.5. The number of rotatable bonds is 12. The number of phosphoric ester groups is 1. The molecule has 0 aliphatic rings. The van der Waals surface area contributed by atoms with E-state index < -0.39 is 43.3 Å². The molecule has 3 aromatic rings. The SMILES string of the molecule is COC(C#N)(COP(=O)(Oc1ccc([N+](=O)[O-])cc1)OC(C)C)[C@@H](O)[C@@H](O)c1ccc2c(N)ncnn12. The molecular formula is C21H25N6O9P. The Morgan fingerprint density at radius 3 is 2.51 bits per heavy atom. The number of hydrogen-bond donors (Lipinski definition) is 3. The highest BCUT2D eigenvalue weighted by Crippen LogP contribution is 2.51. The Balaban J connectivity index is 1.86. The second-order valence-electron chi connectivity index (χ2n) is 8.01. The number of nitro benzene ring substituents is 1. The molecule has 4 N–H and O–H groups in total. The minimum absolute atomic E-state index is 0.0667. The molecule has 198 valence electrons. The van der Waals surface area contributed by atoms with Gasteiger partial charge < -0.3 is 25.2 Å². The van der Waals surface area contributed by atoms with Crippen LogP contribution in [0.5, 0.6) is 5.75 Å². The van der Waals surface area contributed by atoms with Gasteiger partial charge in [-0.05, 0) is 38.1 Å². The highest BCUT2D eigenvalue weighted by atomic mass is 31.2. The molecule has 16 heteroatoms. The number of phosphoric acid groups is 1. The molecule has 0 amide bonds. The van der Waals surface area contributed by atoms with E-state index in [1.807, 2.05) is 0 Å². The Morgan fingerprint density at radius 2 is 1.95 bits per heavy atom. The number of nitrogen functional groups attached to an aromatic ring is 1. The van der Waals surface area contributed by atoms with Gasteiger partial charge in [0.05, 0.1) is 16.7 Å². The summed E-state index contributed by atoms with van der Waals surface area (Å²) in [5.41, 5.74) is 3.74. The predicted molar refractivity (Wildman–Crippen MR) is 127 cm³/mol. The minimum Gasteiger partial charge on any atom is -0.404 e. The third kappa shape index (κ3) is 6.03. The molecule has 4 atom stereocenters. The van der Waals surface area contributed by atoms with Crippen LogP contribution < -0.4 is 10.3 Å². The van der Waals surface area contributed by atoms with Crippen LogP contribution in [0, 0.1) is 21.4 Å². The Hall–Kier alpha value is -3.64. The smallest absolute Gasteiger partial charge is 0.404 e. The van der Waals surface area contributed by atoms with Crippen LogP contribution in [0.25, 0.3) is 5.52 Å². The lowest BCUT2D eigenvalue weighted by molar-refractivity contribution is -0.384. The number of fused-ring (bicyclic) bond motifs is 1. The summed E-state index contributed by atoms with van der Waals surface area (Å²) in [6.45, 7) is 2.23. The molecule has 15 nitrogen and oxygen atoms in total. The molecule has 1 aromatic carbocycles. The van der Waals surface area contributed by atoms with Gasteiger partial charge in [-0.2, -0.15) is 10.4 Å². The number of hydrogen-bond acceptors (Lipinski definition) is 13. The number of non-ortho nitro benzene ring substituents is 1. The van der Waals surface area contributed by atoms with Crippen molar-refractivity contribution in [3.63, 3.8) is 0 Å². The molecule has 37 heavy (non-hydrogen) atoms. The monoisotopic (exact) mass is 536 g/mol. The number of nitro groups is 1. The van der Waals surface area contributed by atoms with Gasteiger partial charge in [-0.15, -0.1) is 0 Å². The Labute approximate surface area is 210 Å². The third-order valence-electron chi connectivity index (χ3n) is 5.19. The van der Waals surface area contributed by atoms with Crippen LogP contribution in [0.4, 0.5) is 11.5 Å². The van der Waals surface area contributed by atoms with Gasteiger partial charge in [0, 0.05) is 19.2 Å². The molecule has 0 aliphatic carbocycles. The summed E-state index contributed by atoms with van der Waals surface area (Å²) < 4.78 is 35.9. The minimum atomic E-state index is -4.47. The number of nitrogens with zero attached hydrogens (tertiary/aromatic N) is 5. The fourth-order valence-corrected chi connectivity index (χ4v) is 4.69. The molecule has 2 aromatic heterocycles. The van der Waals surface area contributed by atoms with E-state index in [0.717, 1.165) is 25.6 Å².